The molecular formula is C18H15N5O2. The number of ether oxygens (including phenoxy) is 1. The Morgan fingerprint density at radius 1 is 1.16 bits per heavy atom. The summed E-state index contributed by atoms with van der Waals surface area (Å²) in [6, 6.07) is 7.22. The van der Waals surface area contributed by atoms with Crippen molar-refractivity contribution < 1.29 is 9.53 Å². The van der Waals surface area contributed by atoms with E-state index in [1.165, 1.54) is 0 Å². The Balaban J connectivity index is 1.82. The zero-order valence-corrected chi connectivity index (χ0v) is 13.7. The summed E-state index contributed by atoms with van der Waals surface area (Å²) >= 11 is 0. The van der Waals surface area contributed by atoms with Crippen molar-refractivity contribution in [2.24, 2.45) is 0 Å². The van der Waals surface area contributed by atoms with Gasteiger partial charge in [0, 0.05) is 23.8 Å². The predicted molar refractivity (Wildman–Crippen MR) is 94.9 cm³/mol. The quantitative estimate of drug-likeness (QED) is 0.601. The fourth-order valence-electron chi connectivity index (χ4n) is 2.67. The van der Waals surface area contributed by atoms with Gasteiger partial charge in [-0.1, -0.05) is 6.07 Å². The Kier molecular flexibility index (Phi) is 3.53. The first-order chi connectivity index (χ1) is 12.2. The van der Waals surface area contributed by atoms with Crippen molar-refractivity contribution in [3.63, 3.8) is 0 Å². The molecule has 4 aromatic heterocycles. The van der Waals surface area contributed by atoms with Crippen LogP contribution in [0.3, 0.4) is 0 Å². The third-order valence-corrected chi connectivity index (χ3v) is 3.94. The SMILES string of the molecule is COc1ccc2ncc3[nH]cc(C(=O)Nc4ccc(C)cn4)c3c2n1. The molecular weight excluding hydrogens is 318 g/mol. The molecule has 7 heteroatoms. The molecule has 0 unspecified atom stereocenters. The van der Waals surface area contributed by atoms with E-state index in [-0.39, 0.29) is 5.91 Å². The van der Waals surface area contributed by atoms with Gasteiger partial charge in [0.05, 0.1) is 29.9 Å². The number of fused-ring (bicyclic) bond motifs is 3. The van der Waals surface area contributed by atoms with Crippen LogP contribution in [0.2, 0.25) is 0 Å². The van der Waals surface area contributed by atoms with Crippen LogP contribution in [-0.4, -0.2) is 33.0 Å². The molecule has 0 aliphatic rings. The predicted octanol–water partition coefficient (Wildman–Crippen LogP) is 3.08. The minimum Gasteiger partial charge on any atom is -0.481 e. The summed E-state index contributed by atoms with van der Waals surface area (Å²) in [4.78, 5) is 28.8. The highest BCUT2D eigenvalue weighted by Crippen LogP contribution is 2.27. The summed E-state index contributed by atoms with van der Waals surface area (Å²) in [6.07, 6.45) is 5.04. The number of H-pyrrole nitrogens is 1. The first-order valence-electron chi connectivity index (χ1n) is 7.70. The van der Waals surface area contributed by atoms with Gasteiger partial charge in [-0.05, 0) is 24.6 Å². The number of aromatic nitrogens is 4. The van der Waals surface area contributed by atoms with Crippen LogP contribution in [0.4, 0.5) is 5.82 Å². The molecule has 0 atom stereocenters. The van der Waals surface area contributed by atoms with Gasteiger partial charge in [-0.3, -0.25) is 9.78 Å². The molecule has 4 heterocycles. The van der Waals surface area contributed by atoms with Crippen molar-refractivity contribution in [1.82, 2.24) is 19.9 Å². The molecule has 2 N–H and O–H groups in total. The number of hydrogen-bond acceptors (Lipinski definition) is 5. The molecule has 0 spiro atoms. The number of nitrogens with zero attached hydrogens (tertiary/aromatic N) is 3. The van der Waals surface area contributed by atoms with Crippen molar-refractivity contribution in [2.45, 2.75) is 6.92 Å². The highest BCUT2D eigenvalue weighted by atomic mass is 16.5. The van der Waals surface area contributed by atoms with E-state index in [4.69, 9.17) is 4.74 Å². The van der Waals surface area contributed by atoms with Gasteiger partial charge in [0.2, 0.25) is 5.88 Å². The maximum Gasteiger partial charge on any atom is 0.259 e. The normalized spacial score (nSPS) is 11.0. The van der Waals surface area contributed by atoms with Crippen LogP contribution in [0, 0.1) is 6.92 Å². The first kappa shape index (κ1) is 15.1. The van der Waals surface area contributed by atoms with Crippen LogP contribution in [0.25, 0.3) is 21.9 Å². The van der Waals surface area contributed by atoms with Crippen LogP contribution in [-0.2, 0) is 0 Å². The lowest BCUT2D eigenvalue weighted by Crippen LogP contribution is -2.12. The highest BCUT2D eigenvalue weighted by Gasteiger charge is 2.17. The Morgan fingerprint density at radius 3 is 2.80 bits per heavy atom. The van der Waals surface area contributed by atoms with E-state index in [1.807, 2.05) is 19.1 Å². The van der Waals surface area contributed by atoms with Crippen LogP contribution in [0.15, 0.2) is 42.9 Å². The fourth-order valence-corrected chi connectivity index (χ4v) is 2.67. The summed E-state index contributed by atoms with van der Waals surface area (Å²) in [7, 11) is 1.55. The van der Waals surface area contributed by atoms with Crippen LogP contribution in [0.1, 0.15) is 15.9 Å². The highest BCUT2D eigenvalue weighted by molar-refractivity contribution is 6.18. The smallest absolute Gasteiger partial charge is 0.259 e. The number of anilines is 1. The molecule has 0 bridgehead atoms. The standard InChI is InChI=1S/C18H15N5O2/c1-10-3-5-14(21-7-10)22-18(24)11-8-19-13-9-20-12-4-6-15(25-2)23-17(12)16(11)13/h3-9,19H,1-2H3,(H,21,22,24). The van der Waals surface area contributed by atoms with Gasteiger partial charge in [0.25, 0.3) is 5.91 Å². The summed E-state index contributed by atoms with van der Waals surface area (Å²) < 4.78 is 5.20. The maximum atomic E-state index is 12.7. The van der Waals surface area contributed by atoms with Gasteiger partial charge >= 0.3 is 0 Å². The number of aryl methyl sites for hydroxylation is 1. The van der Waals surface area contributed by atoms with Crippen LogP contribution in [0.5, 0.6) is 5.88 Å². The molecule has 4 rings (SSSR count). The second kappa shape index (κ2) is 5.86. The van der Waals surface area contributed by atoms with Gasteiger partial charge in [-0.25, -0.2) is 9.97 Å². The van der Waals surface area contributed by atoms with E-state index in [0.717, 1.165) is 11.1 Å². The summed E-state index contributed by atoms with van der Waals surface area (Å²) in [5, 5.41) is 3.51. The van der Waals surface area contributed by atoms with Gasteiger partial charge in [-0.15, -0.1) is 0 Å². The molecule has 0 radical (unpaired) electrons. The van der Waals surface area contributed by atoms with E-state index in [1.54, 1.807) is 37.8 Å². The monoisotopic (exact) mass is 333 g/mol. The lowest BCUT2D eigenvalue weighted by Gasteiger charge is -2.06. The van der Waals surface area contributed by atoms with E-state index in [0.29, 0.717) is 33.7 Å². The summed E-state index contributed by atoms with van der Waals surface area (Å²) in [6.45, 7) is 1.94. The van der Waals surface area contributed by atoms with E-state index in [9.17, 15) is 4.79 Å². The molecule has 124 valence electrons. The number of nitrogens with one attached hydrogen (secondary N) is 2. The van der Waals surface area contributed by atoms with Crippen molar-refractivity contribution in [3.05, 3.63) is 54.0 Å². The average molecular weight is 333 g/mol. The molecule has 0 saturated carbocycles. The fraction of sp³-hybridized carbons (Fsp3) is 0.111. The van der Waals surface area contributed by atoms with Crippen LogP contribution < -0.4 is 10.1 Å². The molecule has 1 amide bonds. The number of pyridine rings is 3. The minimum atomic E-state index is -0.264. The van der Waals surface area contributed by atoms with Gasteiger partial charge < -0.3 is 15.0 Å². The van der Waals surface area contributed by atoms with Crippen molar-refractivity contribution in [3.8, 4) is 5.88 Å². The molecule has 0 aliphatic carbocycles. The van der Waals surface area contributed by atoms with Crippen LogP contribution >= 0.6 is 0 Å². The average Bonchev–Trinajstić information content (AvgIpc) is 3.08. The zero-order chi connectivity index (χ0) is 17.4. The second-order valence-electron chi connectivity index (χ2n) is 5.65. The van der Waals surface area contributed by atoms with Gasteiger partial charge in [0.1, 0.15) is 11.3 Å². The molecule has 7 nitrogen and oxygen atoms in total. The lowest BCUT2D eigenvalue weighted by atomic mass is 10.1. The number of carbonyl (C=O) groups excluding carboxylic acids is 1. The Bertz CT molecular complexity index is 1090. The Labute approximate surface area is 143 Å². The molecule has 0 fully saturated rings. The van der Waals surface area contributed by atoms with Crippen molar-refractivity contribution >= 4 is 33.7 Å². The number of amides is 1. The number of rotatable bonds is 3. The van der Waals surface area contributed by atoms with E-state index in [2.05, 4.69) is 25.3 Å². The first-order valence-corrected chi connectivity index (χ1v) is 7.70. The molecule has 0 aromatic carbocycles. The molecule has 25 heavy (non-hydrogen) atoms. The summed E-state index contributed by atoms with van der Waals surface area (Å²) in [5.74, 6) is 0.697. The van der Waals surface area contributed by atoms with E-state index >= 15 is 0 Å². The maximum absolute atomic E-state index is 12.7. The van der Waals surface area contributed by atoms with Gasteiger partial charge in [-0.2, -0.15) is 0 Å². The third-order valence-electron chi connectivity index (χ3n) is 3.94. The lowest BCUT2D eigenvalue weighted by molar-refractivity contribution is 0.102. The zero-order valence-electron chi connectivity index (χ0n) is 13.7. The number of hydrogen-bond donors (Lipinski definition) is 2. The Morgan fingerprint density at radius 2 is 2.04 bits per heavy atom. The molecule has 0 saturated heterocycles. The molecule has 0 aliphatic heterocycles. The summed E-state index contributed by atoms with van der Waals surface area (Å²) in [5.41, 5.74) is 3.54. The third kappa shape index (κ3) is 2.65. The topological polar surface area (TPSA) is 92.8 Å². The number of aromatic amines is 1. The number of carbonyl (C=O) groups is 1. The second-order valence-corrected chi connectivity index (χ2v) is 5.65. The van der Waals surface area contributed by atoms with Crippen molar-refractivity contribution in [1.29, 1.82) is 0 Å². The largest absolute Gasteiger partial charge is 0.481 e. The van der Waals surface area contributed by atoms with E-state index < -0.39 is 0 Å². The van der Waals surface area contributed by atoms with Gasteiger partial charge in [0.15, 0.2) is 0 Å². The molecule has 4 aromatic rings. The number of methoxy groups -OCH3 is 1. The minimum absolute atomic E-state index is 0.264. The van der Waals surface area contributed by atoms with Crippen molar-refractivity contribution in [2.75, 3.05) is 12.4 Å². The Hall–Kier alpha value is -3.48.